The highest BCUT2D eigenvalue weighted by Gasteiger charge is 2.05. The topological polar surface area (TPSA) is 52.0 Å². The third kappa shape index (κ3) is 1.52. The average molecular weight is 230 g/mol. The monoisotopic (exact) mass is 230 g/mol. The standard InChI is InChI=1S/C12H10N2OS/c13-7-10-6-9-5-8(1-2-11(9)15-10)12-14-3-4-16-12/h1-6H,7,13H2. The minimum absolute atomic E-state index is 0.432. The van der Waals surface area contributed by atoms with Gasteiger partial charge in [-0.2, -0.15) is 0 Å². The highest BCUT2D eigenvalue weighted by Crippen LogP contribution is 2.27. The molecule has 0 spiro atoms. The SMILES string of the molecule is NCc1cc2cc(-c3nccs3)ccc2o1. The van der Waals surface area contributed by atoms with Gasteiger partial charge in [-0.05, 0) is 24.3 Å². The fourth-order valence-corrected chi connectivity index (χ4v) is 2.33. The van der Waals surface area contributed by atoms with Gasteiger partial charge >= 0.3 is 0 Å². The maximum atomic E-state index is 5.55. The number of fused-ring (bicyclic) bond motifs is 1. The van der Waals surface area contributed by atoms with Crippen LogP contribution >= 0.6 is 11.3 Å². The molecule has 0 atom stereocenters. The van der Waals surface area contributed by atoms with Crippen LogP contribution < -0.4 is 5.73 Å². The summed E-state index contributed by atoms with van der Waals surface area (Å²) in [6.45, 7) is 0.432. The van der Waals surface area contributed by atoms with E-state index in [0.717, 1.165) is 27.3 Å². The lowest BCUT2D eigenvalue weighted by molar-refractivity contribution is 0.552. The Bertz CT molecular complexity index is 613. The van der Waals surface area contributed by atoms with Gasteiger partial charge in [-0.3, -0.25) is 0 Å². The summed E-state index contributed by atoms with van der Waals surface area (Å²) in [5.41, 5.74) is 7.54. The lowest BCUT2D eigenvalue weighted by Crippen LogP contribution is -1.92. The normalized spacial score (nSPS) is 11.1. The fraction of sp³-hybridized carbons (Fsp3) is 0.0833. The number of hydrogen-bond donors (Lipinski definition) is 1. The second-order valence-corrected chi connectivity index (χ2v) is 4.40. The molecule has 0 amide bonds. The molecule has 2 heterocycles. The quantitative estimate of drug-likeness (QED) is 0.736. The molecule has 3 nitrogen and oxygen atoms in total. The Kier molecular flexibility index (Phi) is 2.23. The Balaban J connectivity index is 2.15. The van der Waals surface area contributed by atoms with Crippen LogP contribution in [0.2, 0.25) is 0 Å². The third-order valence-electron chi connectivity index (χ3n) is 2.45. The summed E-state index contributed by atoms with van der Waals surface area (Å²) < 4.78 is 5.55. The van der Waals surface area contributed by atoms with Crippen molar-refractivity contribution in [1.82, 2.24) is 4.98 Å². The zero-order valence-corrected chi connectivity index (χ0v) is 9.33. The van der Waals surface area contributed by atoms with Crippen molar-refractivity contribution in [3.05, 3.63) is 41.6 Å². The van der Waals surface area contributed by atoms with Crippen molar-refractivity contribution in [3.8, 4) is 10.6 Å². The molecule has 0 saturated carbocycles. The molecule has 3 rings (SSSR count). The second-order valence-electron chi connectivity index (χ2n) is 3.51. The van der Waals surface area contributed by atoms with Crippen LogP contribution in [0.3, 0.4) is 0 Å². The number of thiazole rings is 1. The molecule has 0 aliphatic heterocycles. The maximum absolute atomic E-state index is 5.55. The Labute approximate surface area is 96.5 Å². The van der Waals surface area contributed by atoms with E-state index in [9.17, 15) is 0 Å². The number of rotatable bonds is 2. The van der Waals surface area contributed by atoms with Crippen LogP contribution in [0.25, 0.3) is 21.5 Å². The first kappa shape index (κ1) is 9.57. The minimum Gasteiger partial charge on any atom is -0.460 e. The highest BCUT2D eigenvalue weighted by atomic mass is 32.1. The van der Waals surface area contributed by atoms with Gasteiger partial charge in [0.1, 0.15) is 16.4 Å². The van der Waals surface area contributed by atoms with Crippen molar-refractivity contribution in [3.63, 3.8) is 0 Å². The van der Waals surface area contributed by atoms with E-state index in [-0.39, 0.29) is 0 Å². The zero-order chi connectivity index (χ0) is 11.0. The summed E-state index contributed by atoms with van der Waals surface area (Å²) >= 11 is 1.63. The molecule has 0 unspecified atom stereocenters. The summed E-state index contributed by atoms with van der Waals surface area (Å²) in [6.07, 6.45) is 1.81. The number of furan rings is 1. The van der Waals surface area contributed by atoms with Crippen molar-refractivity contribution < 1.29 is 4.42 Å². The molecule has 0 saturated heterocycles. The molecular formula is C12H10N2OS. The van der Waals surface area contributed by atoms with E-state index >= 15 is 0 Å². The molecule has 0 aliphatic rings. The Morgan fingerprint density at radius 2 is 2.25 bits per heavy atom. The average Bonchev–Trinajstić information content (AvgIpc) is 2.96. The van der Waals surface area contributed by atoms with E-state index in [4.69, 9.17) is 10.2 Å². The van der Waals surface area contributed by atoms with Crippen LogP contribution in [-0.4, -0.2) is 4.98 Å². The van der Waals surface area contributed by atoms with E-state index in [1.807, 2.05) is 29.8 Å². The first-order valence-electron chi connectivity index (χ1n) is 4.99. The Morgan fingerprint density at radius 3 is 3.00 bits per heavy atom. The van der Waals surface area contributed by atoms with Crippen LogP contribution in [0, 0.1) is 0 Å². The van der Waals surface area contributed by atoms with Crippen molar-refractivity contribution in [2.45, 2.75) is 6.54 Å². The van der Waals surface area contributed by atoms with Crippen molar-refractivity contribution in [2.75, 3.05) is 0 Å². The van der Waals surface area contributed by atoms with E-state index in [0.29, 0.717) is 6.54 Å². The molecule has 3 aromatic rings. The number of nitrogens with two attached hydrogens (primary N) is 1. The Morgan fingerprint density at radius 1 is 1.31 bits per heavy atom. The van der Waals surface area contributed by atoms with Crippen LogP contribution in [0.4, 0.5) is 0 Å². The molecule has 0 fully saturated rings. The predicted octanol–water partition coefficient (Wildman–Crippen LogP) is 3.02. The zero-order valence-electron chi connectivity index (χ0n) is 8.51. The smallest absolute Gasteiger partial charge is 0.134 e. The van der Waals surface area contributed by atoms with E-state index in [1.54, 1.807) is 11.3 Å². The molecule has 80 valence electrons. The largest absolute Gasteiger partial charge is 0.460 e. The lowest BCUT2D eigenvalue weighted by atomic mass is 10.1. The van der Waals surface area contributed by atoms with Gasteiger partial charge in [-0.1, -0.05) is 0 Å². The molecular weight excluding hydrogens is 220 g/mol. The van der Waals surface area contributed by atoms with Gasteiger partial charge in [0, 0.05) is 22.5 Å². The van der Waals surface area contributed by atoms with Gasteiger partial charge in [-0.15, -0.1) is 11.3 Å². The van der Waals surface area contributed by atoms with Crippen molar-refractivity contribution >= 4 is 22.3 Å². The predicted molar refractivity (Wildman–Crippen MR) is 65.2 cm³/mol. The van der Waals surface area contributed by atoms with Crippen LogP contribution in [0.5, 0.6) is 0 Å². The van der Waals surface area contributed by atoms with E-state index in [2.05, 4.69) is 11.1 Å². The van der Waals surface area contributed by atoms with Crippen LogP contribution in [0.1, 0.15) is 5.76 Å². The van der Waals surface area contributed by atoms with Crippen LogP contribution in [0.15, 0.2) is 40.3 Å². The van der Waals surface area contributed by atoms with Crippen molar-refractivity contribution in [1.29, 1.82) is 0 Å². The third-order valence-corrected chi connectivity index (χ3v) is 3.27. The lowest BCUT2D eigenvalue weighted by Gasteiger charge is -1.95. The van der Waals surface area contributed by atoms with Gasteiger partial charge in [0.2, 0.25) is 0 Å². The van der Waals surface area contributed by atoms with E-state index in [1.165, 1.54) is 0 Å². The molecule has 0 radical (unpaired) electrons. The van der Waals surface area contributed by atoms with Gasteiger partial charge in [0.15, 0.2) is 0 Å². The molecule has 1 aromatic carbocycles. The molecule has 0 bridgehead atoms. The van der Waals surface area contributed by atoms with Gasteiger partial charge in [0.25, 0.3) is 0 Å². The van der Waals surface area contributed by atoms with E-state index < -0.39 is 0 Å². The van der Waals surface area contributed by atoms with Gasteiger partial charge < -0.3 is 10.2 Å². The number of benzene rings is 1. The number of hydrogen-bond acceptors (Lipinski definition) is 4. The van der Waals surface area contributed by atoms with Crippen molar-refractivity contribution in [2.24, 2.45) is 5.73 Å². The molecule has 2 N–H and O–H groups in total. The number of aromatic nitrogens is 1. The summed E-state index contributed by atoms with van der Waals surface area (Å²) in [7, 11) is 0. The molecule has 0 aliphatic carbocycles. The molecule has 4 heteroatoms. The molecule has 16 heavy (non-hydrogen) atoms. The summed E-state index contributed by atoms with van der Waals surface area (Å²) in [5, 5.41) is 4.07. The number of nitrogens with zero attached hydrogens (tertiary/aromatic N) is 1. The Hall–Kier alpha value is -1.65. The molecule has 2 aromatic heterocycles. The van der Waals surface area contributed by atoms with Gasteiger partial charge in [0.05, 0.1) is 6.54 Å². The minimum atomic E-state index is 0.432. The summed E-state index contributed by atoms with van der Waals surface area (Å²) in [4.78, 5) is 4.28. The van der Waals surface area contributed by atoms with Crippen LogP contribution in [-0.2, 0) is 6.54 Å². The summed E-state index contributed by atoms with van der Waals surface area (Å²) in [5.74, 6) is 0.811. The summed E-state index contributed by atoms with van der Waals surface area (Å²) in [6, 6.07) is 8.04. The maximum Gasteiger partial charge on any atom is 0.134 e. The highest BCUT2D eigenvalue weighted by molar-refractivity contribution is 7.13. The second kappa shape index (κ2) is 3.73. The fourth-order valence-electron chi connectivity index (χ4n) is 1.70. The first-order chi connectivity index (χ1) is 7.86. The first-order valence-corrected chi connectivity index (χ1v) is 5.87. The van der Waals surface area contributed by atoms with Gasteiger partial charge in [-0.25, -0.2) is 4.98 Å².